The van der Waals surface area contributed by atoms with Crippen molar-refractivity contribution in [1.82, 2.24) is 15.1 Å². The summed E-state index contributed by atoms with van der Waals surface area (Å²) < 4.78 is 1.84. The van der Waals surface area contributed by atoms with Crippen molar-refractivity contribution in [3.8, 4) is 0 Å². The molecule has 0 bridgehead atoms. The molecular weight excluding hydrogens is 228 g/mol. The first-order valence-electron chi connectivity index (χ1n) is 6.57. The van der Waals surface area contributed by atoms with Crippen LogP contribution in [0.15, 0.2) is 12.3 Å². The Labute approximate surface area is 108 Å². The van der Waals surface area contributed by atoms with Gasteiger partial charge in [-0.1, -0.05) is 6.42 Å². The van der Waals surface area contributed by atoms with E-state index in [0.29, 0.717) is 0 Å². The molecule has 0 radical (unpaired) electrons. The Bertz CT molecular complexity index is 413. The number of carbonyl (C=O) groups excluding carboxylic acids is 1. The summed E-state index contributed by atoms with van der Waals surface area (Å²) in [4.78, 5) is 12.1. The lowest BCUT2D eigenvalue weighted by Gasteiger charge is -2.25. The van der Waals surface area contributed by atoms with Gasteiger partial charge in [0.05, 0.1) is 17.8 Å². The van der Waals surface area contributed by atoms with Crippen LogP contribution in [0.25, 0.3) is 0 Å². The van der Waals surface area contributed by atoms with Crippen LogP contribution >= 0.6 is 0 Å². The van der Waals surface area contributed by atoms with Crippen molar-refractivity contribution < 1.29 is 4.79 Å². The molecule has 18 heavy (non-hydrogen) atoms. The first-order chi connectivity index (χ1) is 8.48. The summed E-state index contributed by atoms with van der Waals surface area (Å²) >= 11 is 0. The van der Waals surface area contributed by atoms with Gasteiger partial charge in [0, 0.05) is 6.07 Å². The van der Waals surface area contributed by atoms with Crippen LogP contribution in [0.5, 0.6) is 0 Å². The van der Waals surface area contributed by atoms with Gasteiger partial charge in [-0.2, -0.15) is 5.10 Å². The van der Waals surface area contributed by atoms with Crippen molar-refractivity contribution in [2.24, 2.45) is 0 Å². The SMILES string of the molecule is CC(C)(C)n1nccc1NC(=O)C1CCCCN1. The molecule has 2 heterocycles. The zero-order valence-electron chi connectivity index (χ0n) is 11.4. The molecule has 1 amide bonds. The predicted octanol–water partition coefficient (Wildman–Crippen LogP) is 1.72. The molecule has 1 fully saturated rings. The van der Waals surface area contributed by atoms with Gasteiger partial charge < -0.3 is 10.6 Å². The van der Waals surface area contributed by atoms with Crippen LogP contribution in [0.4, 0.5) is 5.82 Å². The molecule has 2 rings (SSSR count). The van der Waals surface area contributed by atoms with Gasteiger partial charge in [0.15, 0.2) is 0 Å². The smallest absolute Gasteiger partial charge is 0.242 e. The monoisotopic (exact) mass is 250 g/mol. The van der Waals surface area contributed by atoms with E-state index in [1.54, 1.807) is 6.20 Å². The highest BCUT2D eigenvalue weighted by atomic mass is 16.2. The number of nitrogens with one attached hydrogen (secondary N) is 2. The highest BCUT2D eigenvalue weighted by Crippen LogP contribution is 2.19. The molecule has 1 unspecified atom stereocenters. The highest BCUT2D eigenvalue weighted by Gasteiger charge is 2.23. The van der Waals surface area contributed by atoms with E-state index in [1.807, 2.05) is 10.7 Å². The van der Waals surface area contributed by atoms with Gasteiger partial charge in [-0.05, 0) is 40.2 Å². The Morgan fingerprint density at radius 2 is 2.28 bits per heavy atom. The Hall–Kier alpha value is -1.36. The topological polar surface area (TPSA) is 59.0 Å². The molecule has 0 spiro atoms. The lowest BCUT2D eigenvalue weighted by atomic mass is 10.0. The molecular formula is C13H22N4O. The average Bonchev–Trinajstić information content (AvgIpc) is 2.78. The van der Waals surface area contributed by atoms with Crippen LogP contribution in [0.1, 0.15) is 40.0 Å². The molecule has 1 aromatic rings. The third kappa shape index (κ3) is 2.90. The molecule has 0 aromatic carbocycles. The molecule has 0 saturated carbocycles. The van der Waals surface area contributed by atoms with E-state index in [1.165, 1.54) is 0 Å². The number of aromatic nitrogens is 2. The lowest BCUT2D eigenvalue weighted by Crippen LogP contribution is -2.44. The third-order valence-corrected chi connectivity index (χ3v) is 3.16. The molecule has 1 saturated heterocycles. The van der Waals surface area contributed by atoms with E-state index in [4.69, 9.17) is 0 Å². The highest BCUT2D eigenvalue weighted by molar-refractivity contribution is 5.94. The third-order valence-electron chi connectivity index (χ3n) is 3.16. The normalized spacial score (nSPS) is 20.7. The molecule has 1 aliphatic rings. The van der Waals surface area contributed by atoms with Crippen molar-refractivity contribution in [1.29, 1.82) is 0 Å². The molecule has 1 aromatic heterocycles. The number of nitrogens with zero attached hydrogens (tertiary/aromatic N) is 2. The van der Waals surface area contributed by atoms with E-state index in [2.05, 4.69) is 36.5 Å². The summed E-state index contributed by atoms with van der Waals surface area (Å²) in [5, 5.41) is 10.5. The molecule has 100 valence electrons. The fraction of sp³-hybridized carbons (Fsp3) is 0.692. The van der Waals surface area contributed by atoms with Crippen molar-refractivity contribution in [2.75, 3.05) is 11.9 Å². The minimum absolute atomic E-state index is 0.0423. The average molecular weight is 250 g/mol. The van der Waals surface area contributed by atoms with Crippen LogP contribution in [0.3, 0.4) is 0 Å². The van der Waals surface area contributed by atoms with Crippen LogP contribution in [-0.2, 0) is 10.3 Å². The minimum Gasteiger partial charge on any atom is -0.310 e. The van der Waals surface area contributed by atoms with Crippen LogP contribution in [0.2, 0.25) is 0 Å². The lowest BCUT2D eigenvalue weighted by molar-refractivity contribution is -0.118. The zero-order chi connectivity index (χ0) is 13.2. The van der Waals surface area contributed by atoms with E-state index in [-0.39, 0.29) is 17.5 Å². The van der Waals surface area contributed by atoms with Crippen molar-refractivity contribution in [3.63, 3.8) is 0 Å². The van der Waals surface area contributed by atoms with Crippen LogP contribution in [-0.4, -0.2) is 28.3 Å². The minimum atomic E-state index is -0.133. The van der Waals surface area contributed by atoms with Crippen molar-refractivity contribution in [3.05, 3.63) is 12.3 Å². The second-order valence-electron chi connectivity index (χ2n) is 5.79. The Morgan fingerprint density at radius 3 is 2.89 bits per heavy atom. The largest absolute Gasteiger partial charge is 0.310 e. The second-order valence-corrected chi connectivity index (χ2v) is 5.79. The van der Waals surface area contributed by atoms with E-state index < -0.39 is 0 Å². The number of amides is 1. The van der Waals surface area contributed by atoms with Gasteiger partial charge in [-0.3, -0.25) is 4.79 Å². The van der Waals surface area contributed by atoms with Gasteiger partial charge in [0.2, 0.25) is 5.91 Å². The molecule has 2 N–H and O–H groups in total. The molecule has 5 heteroatoms. The van der Waals surface area contributed by atoms with Gasteiger partial charge in [0.25, 0.3) is 0 Å². The second kappa shape index (κ2) is 5.10. The van der Waals surface area contributed by atoms with Gasteiger partial charge in [-0.15, -0.1) is 0 Å². The van der Waals surface area contributed by atoms with E-state index in [0.717, 1.165) is 31.6 Å². The summed E-state index contributed by atoms with van der Waals surface area (Å²) in [6.45, 7) is 7.12. The van der Waals surface area contributed by atoms with Crippen LogP contribution in [0, 0.1) is 0 Å². The summed E-state index contributed by atoms with van der Waals surface area (Å²) in [5.41, 5.74) is -0.133. The first kappa shape index (κ1) is 13.1. The van der Waals surface area contributed by atoms with E-state index in [9.17, 15) is 4.79 Å². The van der Waals surface area contributed by atoms with Gasteiger partial charge in [-0.25, -0.2) is 4.68 Å². The quantitative estimate of drug-likeness (QED) is 0.840. The zero-order valence-corrected chi connectivity index (χ0v) is 11.4. The molecule has 5 nitrogen and oxygen atoms in total. The van der Waals surface area contributed by atoms with Crippen LogP contribution < -0.4 is 10.6 Å². The number of carbonyl (C=O) groups is 1. The number of piperidine rings is 1. The fourth-order valence-corrected chi connectivity index (χ4v) is 2.22. The van der Waals surface area contributed by atoms with Crippen molar-refractivity contribution >= 4 is 11.7 Å². The molecule has 0 aliphatic carbocycles. The molecule has 1 aliphatic heterocycles. The summed E-state index contributed by atoms with van der Waals surface area (Å²) in [6, 6.07) is 1.77. The van der Waals surface area contributed by atoms with Crippen molar-refractivity contribution in [2.45, 2.75) is 51.6 Å². The molecule has 1 atom stereocenters. The Morgan fingerprint density at radius 1 is 1.50 bits per heavy atom. The van der Waals surface area contributed by atoms with Gasteiger partial charge >= 0.3 is 0 Å². The first-order valence-corrected chi connectivity index (χ1v) is 6.57. The number of anilines is 1. The maximum atomic E-state index is 12.1. The summed E-state index contributed by atoms with van der Waals surface area (Å²) in [5.74, 6) is 0.806. The van der Waals surface area contributed by atoms with Gasteiger partial charge in [0.1, 0.15) is 5.82 Å². The Kier molecular flexibility index (Phi) is 3.71. The maximum Gasteiger partial charge on any atom is 0.242 e. The summed E-state index contributed by atoms with van der Waals surface area (Å²) in [7, 11) is 0. The van der Waals surface area contributed by atoms with E-state index >= 15 is 0 Å². The number of rotatable bonds is 2. The number of hydrogen-bond donors (Lipinski definition) is 2. The number of hydrogen-bond acceptors (Lipinski definition) is 3. The Balaban J connectivity index is 2.05. The standard InChI is InChI=1S/C13H22N4O/c1-13(2,3)17-11(7-9-15-17)16-12(18)10-6-4-5-8-14-10/h7,9-10,14H,4-6,8H2,1-3H3,(H,16,18). The fourth-order valence-electron chi connectivity index (χ4n) is 2.22. The predicted molar refractivity (Wildman–Crippen MR) is 71.5 cm³/mol. The maximum absolute atomic E-state index is 12.1. The summed E-state index contributed by atoms with van der Waals surface area (Å²) in [6.07, 6.45) is 4.90.